The van der Waals surface area contributed by atoms with E-state index < -0.39 is 35.8 Å². The lowest BCUT2D eigenvalue weighted by Crippen LogP contribution is -2.35. The molecule has 0 unspecified atom stereocenters. The molecule has 0 radical (unpaired) electrons. The quantitative estimate of drug-likeness (QED) is 0.247. The Morgan fingerprint density at radius 2 is 1.85 bits per heavy atom. The lowest BCUT2D eigenvalue weighted by Gasteiger charge is -2.36. The van der Waals surface area contributed by atoms with E-state index in [1.54, 1.807) is 30.9 Å². The van der Waals surface area contributed by atoms with Crippen LogP contribution in [0.5, 0.6) is 5.75 Å². The van der Waals surface area contributed by atoms with E-state index in [9.17, 15) is 27.2 Å². The summed E-state index contributed by atoms with van der Waals surface area (Å²) in [7, 11) is 1.45. The Bertz CT molecular complexity index is 1420. The Labute approximate surface area is 237 Å². The second-order valence-corrected chi connectivity index (χ2v) is 12.4. The molecule has 2 aromatic rings. The topological polar surface area (TPSA) is 55.8 Å². The van der Waals surface area contributed by atoms with Crippen molar-refractivity contribution in [3.63, 3.8) is 0 Å². The van der Waals surface area contributed by atoms with E-state index in [0.717, 1.165) is 42.5 Å². The highest BCUT2D eigenvalue weighted by molar-refractivity contribution is 6.00. The molecule has 41 heavy (non-hydrogen) atoms. The van der Waals surface area contributed by atoms with E-state index in [1.165, 1.54) is 13.2 Å². The number of amides is 1. The molecule has 0 bridgehead atoms. The fourth-order valence-electron chi connectivity index (χ4n) is 6.11. The second-order valence-electron chi connectivity index (χ2n) is 12.4. The first-order chi connectivity index (χ1) is 19.2. The minimum absolute atomic E-state index is 0.0499. The average molecular weight is 574 g/mol. The van der Waals surface area contributed by atoms with Gasteiger partial charge in [-0.2, -0.15) is 13.2 Å². The van der Waals surface area contributed by atoms with E-state index in [2.05, 4.69) is 13.8 Å². The van der Waals surface area contributed by atoms with Gasteiger partial charge >= 0.3 is 12.3 Å². The maximum absolute atomic E-state index is 15.0. The number of aryl methyl sites for hydroxylation is 1. The Kier molecular flexibility index (Phi) is 7.45. The SMILES string of the molecule is COc1cc(F)c(C(=O)C2CC2)cc1C1=C(CN2C(=O)O[C@H](c3cc(C)cc(C(F)(F)F)c3)[C@@H]2C)CC(C)(C)CC1. The highest BCUT2D eigenvalue weighted by Gasteiger charge is 2.43. The van der Waals surface area contributed by atoms with Crippen molar-refractivity contribution in [2.75, 3.05) is 13.7 Å². The fourth-order valence-corrected chi connectivity index (χ4v) is 6.11. The first-order valence-electron chi connectivity index (χ1n) is 14.0. The molecule has 1 aliphatic heterocycles. The van der Waals surface area contributed by atoms with Crippen LogP contribution in [-0.2, 0) is 10.9 Å². The molecular weight excluding hydrogens is 538 g/mol. The molecule has 1 saturated heterocycles. The summed E-state index contributed by atoms with van der Waals surface area (Å²) in [5.41, 5.74) is 2.36. The molecule has 2 fully saturated rings. The zero-order valence-corrected chi connectivity index (χ0v) is 24.0. The van der Waals surface area contributed by atoms with Crippen molar-refractivity contribution >= 4 is 17.4 Å². The Morgan fingerprint density at radius 3 is 2.49 bits per heavy atom. The normalized spacial score (nSPS) is 22.7. The van der Waals surface area contributed by atoms with Crippen LogP contribution in [0.2, 0.25) is 0 Å². The van der Waals surface area contributed by atoms with Crippen LogP contribution in [0.1, 0.15) is 91.6 Å². The Hall–Kier alpha value is -3.36. The molecule has 1 heterocycles. The Morgan fingerprint density at radius 1 is 1.15 bits per heavy atom. The number of carbonyl (C=O) groups is 2. The van der Waals surface area contributed by atoms with Gasteiger partial charge in [-0.3, -0.25) is 9.69 Å². The number of allylic oxidation sites excluding steroid dienone is 1. The number of benzene rings is 2. The summed E-state index contributed by atoms with van der Waals surface area (Å²) in [4.78, 5) is 27.5. The van der Waals surface area contributed by atoms with Crippen molar-refractivity contribution in [1.29, 1.82) is 0 Å². The van der Waals surface area contributed by atoms with Gasteiger partial charge in [0.15, 0.2) is 5.78 Å². The molecule has 2 atom stereocenters. The molecule has 5 nitrogen and oxygen atoms in total. The number of ether oxygens (including phenoxy) is 2. The highest BCUT2D eigenvalue weighted by atomic mass is 19.4. The van der Waals surface area contributed by atoms with Gasteiger partial charge < -0.3 is 9.47 Å². The maximum Gasteiger partial charge on any atom is 0.416 e. The minimum atomic E-state index is -4.52. The van der Waals surface area contributed by atoms with Gasteiger partial charge in [-0.05, 0) is 86.3 Å². The number of carbonyl (C=O) groups excluding carboxylic acids is 2. The average Bonchev–Trinajstić information content (AvgIpc) is 3.70. The van der Waals surface area contributed by atoms with Gasteiger partial charge in [0, 0.05) is 24.1 Å². The summed E-state index contributed by atoms with van der Waals surface area (Å²) in [5.74, 6) is -0.657. The van der Waals surface area contributed by atoms with Gasteiger partial charge in [0.05, 0.1) is 24.3 Å². The predicted octanol–water partition coefficient (Wildman–Crippen LogP) is 8.30. The smallest absolute Gasteiger partial charge is 0.416 e. The number of cyclic esters (lactones) is 1. The molecule has 220 valence electrons. The molecule has 0 N–H and O–H groups in total. The van der Waals surface area contributed by atoms with Crippen molar-refractivity contribution in [2.24, 2.45) is 11.3 Å². The number of nitrogens with zero attached hydrogens (tertiary/aromatic N) is 1. The van der Waals surface area contributed by atoms with Crippen molar-refractivity contribution in [1.82, 2.24) is 4.90 Å². The van der Waals surface area contributed by atoms with Crippen molar-refractivity contribution in [3.8, 4) is 5.75 Å². The van der Waals surface area contributed by atoms with Crippen LogP contribution < -0.4 is 4.74 Å². The molecule has 1 amide bonds. The molecule has 2 aliphatic carbocycles. The number of halogens is 4. The van der Waals surface area contributed by atoms with E-state index in [0.29, 0.717) is 35.3 Å². The number of rotatable bonds is 7. The zero-order chi connectivity index (χ0) is 29.9. The summed E-state index contributed by atoms with van der Waals surface area (Å²) in [6.07, 6.45) is -2.38. The van der Waals surface area contributed by atoms with E-state index in [4.69, 9.17) is 9.47 Å². The van der Waals surface area contributed by atoms with Crippen molar-refractivity contribution in [3.05, 3.63) is 69.5 Å². The van der Waals surface area contributed by atoms with Crippen molar-refractivity contribution in [2.45, 2.75) is 78.1 Å². The summed E-state index contributed by atoms with van der Waals surface area (Å²) in [6, 6.07) is 6.04. The molecular formula is C32H35F4NO4. The van der Waals surface area contributed by atoms with Crippen molar-refractivity contribution < 1.29 is 36.6 Å². The zero-order valence-electron chi connectivity index (χ0n) is 24.0. The number of Topliss-reactive ketones (excluding diaryl/α,β-unsaturated/α-hetero) is 1. The largest absolute Gasteiger partial charge is 0.496 e. The van der Waals surface area contributed by atoms with Gasteiger partial charge in [-0.25, -0.2) is 9.18 Å². The van der Waals surface area contributed by atoms with Crippen LogP contribution in [0.15, 0.2) is 35.9 Å². The highest BCUT2D eigenvalue weighted by Crippen LogP contribution is 2.47. The van der Waals surface area contributed by atoms with Crippen LogP contribution in [0.3, 0.4) is 0 Å². The molecule has 3 aliphatic rings. The number of hydrogen-bond acceptors (Lipinski definition) is 4. The summed E-state index contributed by atoms with van der Waals surface area (Å²) >= 11 is 0. The summed E-state index contributed by atoms with van der Waals surface area (Å²) in [5, 5.41) is 0. The number of hydrogen-bond donors (Lipinski definition) is 0. The monoisotopic (exact) mass is 573 g/mol. The second kappa shape index (κ2) is 10.5. The van der Waals surface area contributed by atoms with Gasteiger partial charge in [0.1, 0.15) is 17.7 Å². The van der Waals surface area contributed by atoms with Crippen LogP contribution in [0.4, 0.5) is 22.4 Å². The first kappa shape index (κ1) is 29.1. The Balaban J connectivity index is 1.52. The van der Waals surface area contributed by atoms with Gasteiger partial charge in [-0.1, -0.05) is 25.5 Å². The maximum atomic E-state index is 15.0. The molecule has 9 heteroatoms. The van der Waals surface area contributed by atoms with Gasteiger partial charge in [0.2, 0.25) is 0 Å². The molecule has 2 aromatic carbocycles. The minimum Gasteiger partial charge on any atom is -0.496 e. The third kappa shape index (κ3) is 5.86. The predicted molar refractivity (Wildman–Crippen MR) is 146 cm³/mol. The number of alkyl halides is 3. The summed E-state index contributed by atoms with van der Waals surface area (Å²) in [6.45, 7) is 7.81. The lowest BCUT2D eigenvalue weighted by atomic mass is 9.72. The van der Waals surface area contributed by atoms with E-state index >= 15 is 0 Å². The lowest BCUT2D eigenvalue weighted by molar-refractivity contribution is -0.137. The molecule has 0 spiro atoms. The first-order valence-corrected chi connectivity index (χ1v) is 14.0. The van der Waals surface area contributed by atoms with Gasteiger partial charge in [0.25, 0.3) is 0 Å². The number of ketones is 1. The van der Waals surface area contributed by atoms with Crippen LogP contribution in [0, 0.1) is 24.1 Å². The van der Waals surface area contributed by atoms with Crippen LogP contribution >= 0.6 is 0 Å². The fraction of sp³-hybridized carbons (Fsp3) is 0.500. The third-order valence-corrected chi connectivity index (χ3v) is 8.51. The van der Waals surface area contributed by atoms with Gasteiger partial charge in [-0.15, -0.1) is 0 Å². The number of methoxy groups -OCH3 is 1. The molecule has 0 aromatic heterocycles. The van der Waals surface area contributed by atoms with Crippen LogP contribution in [-0.4, -0.2) is 36.5 Å². The third-order valence-electron chi connectivity index (χ3n) is 8.51. The summed E-state index contributed by atoms with van der Waals surface area (Å²) < 4.78 is 66.7. The van der Waals surface area contributed by atoms with E-state index in [-0.39, 0.29) is 29.2 Å². The standard InChI is InChI=1S/C32H35F4NO4/c1-17-10-20(12-22(11-17)32(34,35)36)29-18(2)37(30(39)41-29)16-21-15-31(3,4)9-8-23(21)24-13-25(28(38)19-6-7-19)26(33)14-27(24)40-5/h10-14,18-19,29H,6-9,15-16H2,1-5H3/t18-,29-/m0/s1. The van der Waals surface area contributed by atoms with Crippen LogP contribution in [0.25, 0.3) is 5.57 Å². The molecule has 1 saturated carbocycles. The van der Waals surface area contributed by atoms with E-state index in [1.807, 2.05) is 0 Å². The molecule has 5 rings (SSSR count).